The van der Waals surface area contributed by atoms with Crippen LogP contribution in [0.4, 0.5) is 11.6 Å². The molecular weight excluding hydrogens is 334 g/mol. The summed E-state index contributed by atoms with van der Waals surface area (Å²) < 4.78 is 0. The summed E-state index contributed by atoms with van der Waals surface area (Å²) in [4.78, 5) is 13.5. The predicted molar refractivity (Wildman–Crippen MR) is 110 cm³/mol. The molecular formula is C22H21N5. The minimum absolute atomic E-state index is 0.414. The normalized spacial score (nSPS) is 10.8. The topological polar surface area (TPSA) is 76.7 Å². The lowest BCUT2D eigenvalue weighted by molar-refractivity contribution is 0.858. The van der Waals surface area contributed by atoms with Crippen LogP contribution in [0.2, 0.25) is 0 Å². The van der Waals surface area contributed by atoms with Crippen LogP contribution in [0.25, 0.3) is 22.2 Å². The molecule has 3 N–H and O–H groups in total. The van der Waals surface area contributed by atoms with Gasteiger partial charge in [-0.2, -0.15) is 0 Å². The van der Waals surface area contributed by atoms with Crippen molar-refractivity contribution in [2.45, 2.75) is 12.8 Å². The minimum Gasteiger partial charge on any atom is -0.381 e. The zero-order valence-corrected chi connectivity index (χ0v) is 15.0. The lowest BCUT2D eigenvalue weighted by Gasteiger charge is -2.11. The van der Waals surface area contributed by atoms with Gasteiger partial charge in [0.2, 0.25) is 0 Å². The molecule has 0 bridgehead atoms. The van der Waals surface area contributed by atoms with Crippen molar-refractivity contribution < 1.29 is 0 Å². The smallest absolute Gasteiger partial charge is 0.169 e. The van der Waals surface area contributed by atoms with Crippen molar-refractivity contribution in [1.29, 1.82) is 0 Å². The van der Waals surface area contributed by atoms with Gasteiger partial charge in [0.15, 0.2) is 11.6 Å². The third-order valence-electron chi connectivity index (χ3n) is 4.50. The Hall–Kier alpha value is -3.47. The summed E-state index contributed by atoms with van der Waals surface area (Å²) in [5.74, 6) is 1.04. The van der Waals surface area contributed by atoms with Crippen LogP contribution in [0.3, 0.4) is 0 Å². The fourth-order valence-corrected chi connectivity index (χ4v) is 3.13. The van der Waals surface area contributed by atoms with Gasteiger partial charge in [-0.1, -0.05) is 48.5 Å². The van der Waals surface area contributed by atoms with Crippen molar-refractivity contribution in [3.05, 3.63) is 78.6 Å². The summed E-state index contributed by atoms with van der Waals surface area (Å²) in [6.45, 7) is 0.786. The first-order valence-electron chi connectivity index (χ1n) is 9.06. The van der Waals surface area contributed by atoms with Gasteiger partial charge in [-0.15, -0.1) is 0 Å². The highest BCUT2D eigenvalue weighted by Gasteiger charge is 2.09. The van der Waals surface area contributed by atoms with E-state index in [-0.39, 0.29) is 0 Å². The molecule has 0 unspecified atom stereocenters. The number of nitrogens with zero attached hydrogens (tertiary/aromatic N) is 3. The van der Waals surface area contributed by atoms with Gasteiger partial charge in [-0.25, -0.2) is 9.97 Å². The molecule has 5 nitrogen and oxygen atoms in total. The number of nitrogen functional groups attached to an aromatic ring is 1. The van der Waals surface area contributed by atoms with Crippen molar-refractivity contribution in [1.82, 2.24) is 15.0 Å². The van der Waals surface area contributed by atoms with Gasteiger partial charge in [-0.3, -0.25) is 4.98 Å². The van der Waals surface area contributed by atoms with E-state index in [1.165, 1.54) is 5.56 Å². The number of nitrogens with two attached hydrogens (primary N) is 1. The van der Waals surface area contributed by atoms with E-state index in [2.05, 4.69) is 39.6 Å². The molecule has 0 aliphatic carbocycles. The Labute approximate surface area is 158 Å². The molecule has 0 aliphatic rings. The molecule has 4 aromatic rings. The quantitative estimate of drug-likeness (QED) is 0.504. The van der Waals surface area contributed by atoms with Crippen LogP contribution in [-0.4, -0.2) is 21.5 Å². The third kappa shape index (κ3) is 3.87. The molecule has 4 rings (SSSR count). The van der Waals surface area contributed by atoms with Crippen molar-refractivity contribution in [3.63, 3.8) is 0 Å². The fraction of sp³-hybridized carbons (Fsp3) is 0.136. The zero-order chi connectivity index (χ0) is 18.5. The van der Waals surface area contributed by atoms with Crippen LogP contribution < -0.4 is 11.1 Å². The van der Waals surface area contributed by atoms with Gasteiger partial charge < -0.3 is 11.1 Å². The number of fused-ring (bicyclic) bond motifs is 1. The number of anilines is 2. The summed E-state index contributed by atoms with van der Waals surface area (Å²) in [5.41, 5.74) is 10.1. The number of pyridine rings is 1. The average molecular weight is 355 g/mol. The molecule has 0 atom stereocenters. The first-order valence-corrected chi connectivity index (χ1v) is 9.06. The monoisotopic (exact) mass is 355 g/mol. The maximum Gasteiger partial charge on any atom is 0.169 e. The van der Waals surface area contributed by atoms with E-state index in [9.17, 15) is 0 Å². The number of aryl methyl sites for hydroxylation is 1. The van der Waals surface area contributed by atoms with Crippen molar-refractivity contribution in [3.8, 4) is 11.3 Å². The van der Waals surface area contributed by atoms with Crippen LogP contribution in [0.5, 0.6) is 0 Å². The van der Waals surface area contributed by atoms with Crippen LogP contribution >= 0.6 is 0 Å². The zero-order valence-electron chi connectivity index (χ0n) is 15.0. The van der Waals surface area contributed by atoms with E-state index in [1.807, 2.05) is 36.4 Å². The Kier molecular flexibility index (Phi) is 4.92. The average Bonchev–Trinajstić information content (AvgIpc) is 2.73. The molecule has 0 saturated heterocycles. The summed E-state index contributed by atoms with van der Waals surface area (Å²) >= 11 is 0. The molecule has 0 saturated carbocycles. The van der Waals surface area contributed by atoms with E-state index in [1.54, 1.807) is 12.4 Å². The first kappa shape index (κ1) is 17.0. The van der Waals surface area contributed by atoms with Gasteiger partial charge in [0, 0.05) is 23.7 Å². The number of hydrogen-bond acceptors (Lipinski definition) is 5. The van der Waals surface area contributed by atoms with E-state index in [0.29, 0.717) is 11.6 Å². The molecule has 0 amide bonds. The SMILES string of the molecule is Nc1ncc(-c2cccc3ncccc23)nc1NCCCc1ccccc1. The Bertz CT molecular complexity index is 1040. The van der Waals surface area contributed by atoms with Gasteiger partial charge in [-0.05, 0) is 30.5 Å². The Balaban J connectivity index is 1.51. The van der Waals surface area contributed by atoms with Crippen LogP contribution in [0.1, 0.15) is 12.0 Å². The second-order valence-corrected chi connectivity index (χ2v) is 6.38. The van der Waals surface area contributed by atoms with Gasteiger partial charge in [0.1, 0.15) is 0 Å². The number of aromatic nitrogens is 3. The Morgan fingerprint density at radius 3 is 2.67 bits per heavy atom. The molecule has 2 heterocycles. The summed E-state index contributed by atoms with van der Waals surface area (Å²) in [6.07, 6.45) is 5.51. The lowest BCUT2D eigenvalue weighted by Crippen LogP contribution is -2.09. The third-order valence-corrected chi connectivity index (χ3v) is 4.50. The Morgan fingerprint density at radius 1 is 0.889 bits per heavy atom. The molecule has 134 valence electrons. The molecule has 0 radical (unpaired) electrons. The number of nitrogens with one attached hydrogen (secondary N) is 1. The highest BCUT2D eigenvalue weighted by molar-refractivity contribution is 5.93. The molecule has 0 fully saturated rings. The van der Waals surface area contributed by atoms with Gasteiger partial charge in [0.25, 0.3) is 0 Å². The highest BCUT2D eigenvalue weighted by Crippen LogP contribution is 2.27. The molecule has 27 heavy (non-hydrogen) atoms. The molecule has 0 aliphatic heterocycles. The Morgan fingerprint density at radius 2 is 1.78 bits per heavy atom. The van der Waals surface area contributed by atoms with Crippen molar-refractivity contribution in [2.24, 2.45) is 0 Å². The maximum absolute atomic E-state index is 6.03. The lowest BCUT2D eigenvalue weighted by atomic mass is 10.1. The molecule has 5 heteroatoms. The van der Waals surface area contributed by atoms with E-state index < -0.39 is 0 Å². The second kappa shape index (κ2) is 7.83. The van der Waals surface area contributed by atoms with Crippen LogP contribution in [0, 0.1) is 0 Å². The van der Waals surface area contributed by atoms with Crippen molar-refractivity contribution >= 4 is 22.5 Å². The predicted octanol–water partition coefficient (Wildman–Crippen LogP) is 4.32. The highest BCUT2D eigenvalue weighted by atomic mass is 15.1. The van der Waals surface area contributed by atoms with Gasteiger partial charge >= 0.3 is 0 Å². The maximum atomic E-state index is 6.03. The summed E-state index contributed by atoms with van der Waals surface area (Å²) in [6, 6.07) is 20.4. The fourth-order valence-electron chi connectivity index (χ4n) is 3.13. The van der Waals surface area contributed by atoms with Crippen LogP contribution in [0.15, 0.2) is 73.1 Å². The molecule has 2 aromatic carbocycles. The summed E-state index contributed by atoms with van der Waals surface area (Å²) in [5, 5.41) is 4.38. The summed E-state index contributed by atoms with van der Waals surface area (Å²) in [7, 11) is 0. The number of benzene rings is 2. The second-order valence-electron chi connectivity index (χ2n) is 6.38. The number of hydrogen-bond donors (Lipinski definition) is 2. The molecule has 0 spiro atoms. The van der Waals surface area contributed by atoms with Crippen LogP contribution in [-0.2, 0) is 6.42 Å². The van der Waals surface area contributed by atoms with Crippen molar-refractivity contribution in [2.75, 3.05) is 17.6 Å². The standard InChI is InChI=1S/C22H21N5/c23-21-22(25-14-5-9-16-7-2-1-3-8-16)27-20(15-26-21)18-10-4-12-19-17(18)11-6-13-24-19/h1-4,6-8,10-13,15H,5,9,14H2,(H2,23,26)(H,25,27). The van der Waals surface area contributed by atoms with E-state index in [0.717, 1.165) is 41.5 Å². The van der Waals surface area contributed by atoms with E-state index in [4.69, 9.17) is 10.7 Å². The molecule has 2 aromatic heterocycles. The minimum atomic E-state index is 0.414. The van der Waals surface area contributed by atoms with Gasteiger partial charge in [0.05, 0.1) is 17.4 Å². The van der Waals surface area contributed by atoms with E-state index >= 15 is 0 Å². The number of rotatable bonds is 6. The first-order chi connectivity index (χ1) is 13.3. The largest absolute Gasteiger partial charge is 0.381 e.